The summed E-state index contributed by atoms with van der Waals surface area (Å²) in [5, 5.41) is 3.60. The van der Waals surface area contributed by atoms with Crippen LogP contribution in [0.3, 0.4) is 0 Å². The van der Waals surface area contributed by atoms with Gasteiger partial charge in [0.1, 0.15) is 17.5 Å². The summed E-state index contributed by atoms with van der Waals surface area (Å²) >= 11 is 0. The average Bonchev–Trinajstić information content (AvgIpc) is 3.29. The summed E-state index contributed by atoms with van der Waals surface area (Å²) in [6.07, 6.45) is 2.96. The van der Waals surface area contributed by atoms with Crippen molar-refractivity contribution in [1.82, 2.24) is 19.9 Å². The Labute approximate surface area is 173 Å². The number of halogens is 1. The zero-order chi connectivity index (χ0) is 20.8. The Morgan fingerprint density at radius 2 is 2.23 bits per heavy atom. The fraction of sp³-hybridized carbons (Fsp3) is 0.455. The molecule has 1 N–H and O–H groups in total. The van der Waals surface area contributed by atoms with Crippen LogP contribution in [0.5, 0.6) is 0 Å². The van der Waals surface area contributed by atoms with Crippen LogP contribution in [0.15, 0.2) is 24.4 Å². The van der Waals surface area contributed by atoms with Crippen molar-refractivity contribution in [3.63, 3.8) is 0 Å². The quantitative estimate of drug-likeness (QED) is 0.670. The fourth-order valence-electron chi connectivity index (χ4n) is 4.32. The summed E-state index contributed by atoms with van der Waals surface area (Å²) in [6, 6.07) is 5.18. The third-order valence-corrected chi connectivity index (χ3v) is 5.90. The summed E-state index contributed by atoms with van der Waals surface area (Å²) in [6.45, 7) is 10.1. The van der Waals surface area contributed by atoms with Gasteiger partial charge in [-0.1, -0.05) is 6.07 Å². The number of carbonyl (C=O) groups is 1. The Morgan fingerprint density at radius 1 is 1.40 bits per heavy atom. The molecule has 1 aliphatic carbocycles. The molecule has 1 aliphatic heterocycles. The van der Waals surface area contributed by atoms with Gasteiger partial charge in [0.25, 0.3) is 0 Å². The maximum absolute atomic E-state index is 13.2. The van der Waals surface area contributed by atoms with Crippen LogP contribution in [-0.4, -0.2) is 45.4 Å². The summed E-state index contributed by atoms with van der Waals surface area (Å²) < 4.78 is 21.1. The van der Waals surface area contributed by atoms with Gasteiger partial charge in [-0.2, -0.15) is 0 Å². The van der Waals surface area contributed by atoms with E-state index in [0.717, 1.165) is 29.3 Å². The monoisotopic (exact) mass is 407 g/mol. The normalized spacial score (nSPS) is 25.9. The molecule has 8 heteroatoms. The molecule has 1 saturated heterocycles. The predicted molar refractivity (Wildman–Crippen MR) is 110 cm³/mol. The number of rotatable bonds is 4. The highest BCUT2D eigenvalue weighted by Gasteiger charge is 2.39. The van der Waals surface area contributed by atoms with Crippen LogP contribution in [0.1, 0.15) is 38.1 Å². The van der Waals surface area contributed by atoms with Gasteiger partial charge in [0.15, 0.2) is 5.69 Å². The van der Waals surface area contributed by atoms with Gasteiger partial charge in [-0.25, -0.2) is 14.2 Å². The highest BCUT2D eigenvalue weighted by molar-refractivity contribution is 6.04. The maximum Gasteiger partial charge on any atom is 0.227 e. The predicted octanol–water partition coefficient (Wildman–Crippen LogP) is 3.64. The zero-order valence-electron chi connectivity index (χ0n) is 16.6. The lowest BCUT2D eigenvalue weighted by Crippen LogP contribution is -2.31. The first-order valence-corrected chi connectivity index (χ1v) is 10.3. The number of carbonyl (C=O) groups excluding carboxylic acids is 1. The van der Waals surface area contributed by atoms with Gasteiger partial charge < -0.3 is 14.6 Å². The van der Waals surface area contributed by atoms with Crippen LogP contribution in [0.2, 0.25) is 0 Å². The molecular weight excluding hydrogens is 385 g/mol. The lowest BCUT2D eigenvalue weighted by molar-refractivity contribution is -0.120. The number of amides is 1. The molecule has 4 atom stereocenters. The van der Waals surface area contributed by atoms with E-state index in [4.69, 9.17) is 16.3 Å². The molecule has 1 aromatic carbocycles. The number of ether oxygens (including phenoxy) is 1. The molecule has 0 radical (unpaired) electrons. The second kappa shape index (κ2) is 7.33. The van der Waals surface area contributed by atoms with Gasteiger partial charge in [0.2, 0.25) is 5.91 Å². The number of fused-ring (bicyclic) bond motifs is 3. The third-order valence-electron chi connectivity index (χ3n) is 5.90. The number of alkyl halides is 1. The molecule has 0 spiro atoms. The van der Waals surface area contributed by atoms with E-state index in [0.29, 0.717) is 30.1 Å². The fourth-order valence-corrected chi connectivity index (χ4v) is 4.32. The second-order valence-electron chi connectivity index (χ2n) is 8.17. The molecule has 0 bridgehead atoms. The van der Waals surface area contributed by atoms with Crippen LogP contribution in [0, 0.1) is 6.57 Å². The molecule has 3 heterocycles. The highest BCUT2D eigenvalue weighted by Crippen LogP contribution is 2.35. The van der Waals surface area contributed by atoms with E-state index >= 15 is 0 Å². The van der Waals surface area contributed by atoms with Crippen molar-refractivity contribution in [1.29, 1.82) is 0 Å². The Kier molecular flexibility index (Phi) is 4.63. The third kappa shape index (κ3) is 3.39. The van der Waals surface area contributed by atoms with Crippen molar-refractivity contribution in [3.05, 3.63) is 41.6 Å². The van der Waals surface area contributed by atoms with Crippen LogP contribution >= 0.6 is 0 Å². The van der Waals surface area contributed by atoms with Crippen molar-refractivity contribution in [2.75, 3.05) is 6.61 Å². The van der Waals surface area contributed by atoms with Crippen LogP contribution in [0.25, 0.3) is 26.8 Å². The molecule has 30 heavy (non-hydrogen) atoms. The molecule has 1 amide bonds. The van der Waals surface area contributed by atoms with Gasteiger partial charge in [-0.15, -0.1) is 0 Å². The van der Waals surface area contributed by atoms with Crippen LogP contribution < -0.4 is 5.32 Å². The van der Waals surface area contributed by atoms with E-state index in [9.17, 15) is 9.18 Å². The number of hydrogen-bond acceptors (Lipinski definition) is 4. The van der Waals surface area contributed by atoms with Gasteiger partial charge >= 0.3 is 0 Å². The first-order valence-electron chi connectivity index (χ1n) is 10.3. The largest absolute Gasteiger partial charge is 0.378 e. The van der Waals surface area contributed by atoms with Crippen molar-refractivity contribution >= 4 is 33.5 Å². The Morgan fingerprint density at radius 3 is 2.97 bits per heavy atom. The lowest BCUT2D eigenvalue weighted by atomic mass is 10.0. The summed E-state index contributed by atoms with van der Waals surface area (Å²) in [5.74, 6) is 0.413. The number of benzene rings is 1. The molecule has 0 unspecified atom stereocenters. The average molecular weight is 407 g/mol. The Hall–Kier alpha value is -3.05. The smallest absolute Gasteiger partial charge is 0.227 e. The van der Waals surface area contributed by atoms with Gasteiger partial charge in [-0.05, 0) is 31.9 Å². The number of imidazole rings is 1. The van der Waals surface area contributed by atoms with Crippen molar-refractivity contribution < 1.29 is 13.9 Å². The van der Waals surface area contributed by atoms with E-state index in [2.05, 4.69) is 19.7 Å². The Balaban J connectivity index is 1.64. The molecular formula is C22H22FN5O2. The van der Waals surface area contributed by atoms with Crippen molar-refractivity contribution in [2.45, 2.75) is 57.0 Å². The second-order valence-corrected chi connectivity index (χ2v) is 8.17. The van der Waals surface area contributed by atoms with Gasteiger partial charge in [-0.3, -0.25) is 9.78 Å². The molecule has 7 nitrogen and oxygen atoms in total. The van der Waals surface area contributed by atoms with E-state index in [1.807, 2.05) is 19.1 Å². The number of aromatic nitrogens is 3. The first-order chi connectivity index (χ1) is 14.5. The topological polar surface area (TPSA) is 73.4 Å². The summed E-state index contributed by atoms with van der Waals surface area (Å²) in [5.41, 5.74) is 2.90. The van der Waals surface area contributed by atoms with Crippen LogP contribution in [0.4, 0.5) is 10.1 Å². The number of nitrogens with one attached hydrogen (secondary N) is 1. The molecule has 154 valence electrons. The summed E-state index contributed by atoms with van der Waals surface area (Å²) in [7, 11) is 0. The SMILES string of the molecule is [C-]#[N+]c1ccc2ncc3nc(CC(=O)N[C@H]4C[C@H]4F)n([C@@H]4CCO[C@H](C)C4)c3c2c1. The Bertz CT molecular complexity index is 1180. The number of nitrogens with zero attached hydrogens (tertiary/aromatic N) is 4. The standard InChI is InChI=1S/C22H22FN5O2/c1-12-7-14(5-6-30-12)28-20(10-21(29)27-18-9-16(18)23)26-19-11-25-17-4-3-13(24-2)8-15(17)22(19)28/h3-4,8,11-12,14,16,18H,5-7,9-10H2,1H3,(H,27,29)/t12-,14-,16-,18+/m1/s1. The first kappa shape index (κ1) is 18.9. The zero-order valence-corrected chi connectivity index (χ0v) is 16.6. The lowest BCUT2D eigenvalue weighted by Gasteiger charge is -2.30. The number of pyridine rings is 1. The van der Waals surface area contributed by atoms with E-state index in [1.165, 1.54) is 0 Å². The molecule has 2 aromatic heterocycles. The molecule has 2 aliphatic rings. The van der Waals surface area contributed by atoms with Gasteiger partial charge in [0.05, 0.1) is 42.4 Å². The minimum Gasteiger partial charge on any atom is -0.378 e. The van der Waals surface area contributed by atoms with Crippen molar-refractivity contribution in [3.8, 4) is 0 Å². The van der Waals surface area contributed by atoms with Gasteiger partial charge in [0, 0.05) is 24.5 Å². The van der Waals surface area contributed by atoms with E-state index in [1.54, 1.807) is 12.3 Å². The maximum atomic E-state index is 13.2. The molecule has 3 aromatic rings. The highest BCUT2D eigenvalue weighted by atomic mass is 19.1. The molecule has 2 fully saturated rings. The van der Waals surface area contributed by atoms with E-state index in [-0.39, 0.29) is 30.5 Å². The van der Waals surface area contributed by atoms with E-state index < -0.39 is 6.17 Å². The molecule has 1 saturated carbocycles. The minimum absolute atomic E-state index is 0.0770. The molecule has 5 rings (SSSR count). The summed E-state index contributed by atoms with van der Waals surface area (Å²) in [4.78, 5) is 25.3. The number of hydrogen-bond donors (Lipinski definition) is 1. The van der Waals surface area contributed by atoms with Crippen molar-refractivity contribution in [2.24, 2.45) is 0 Å². The van der Waals surface area contributed by atoms with Crippen LogP contribution in [-0.2, 0) is 16.0 Å². The minimum atomic E-state index is -0.940.